The van der Waals surface area contributed by atoms with Crippen LogP contribution in [0.1, 0.15) is 105 Å². The van der Waals surface area contributed by atoms with Crippen LogP contribution in [0.2, 0.25) is 10.0 Å². The number of phenolic OH excluding ortho intramolecular Hbond substituents is 3. The van der Waals surface area contributed by atoms with E-state index in [4.69, 9.17) is 72.5 Å². The summed E-state index contributed by atoms with van der Waals surface area (Å²) in [5.74, 6) is -15.8. The van der Waals surface area contributed by atoms with Crippen molar-refractivity contribution in [2.45, 2.75) is 161 Å². The molecule has 0 aliphatic carbocycles. The third-order valence-electron chi connectivity index (χ3n) is 20.7. The fraction of sp³-hybridized carbons (Fsp3) is 0.346. The number of fused-ring (bicyclic) bond motifs is 15. The molecule has 18 atom stereocenters. The number of benzene rings is 7. The van der Waals surface area contributed by atoms with E-state index in [1.807, 2.05) is 74.5 Å². The number of phenols is 3. The number of nitrogens with two attached hydrogens (primary N) is 2. The maximum absolute atomic E-state index is 16.3. The SMILES string of the molecule is CN[C@@H](CC(C)C)C(=O)N[C@H]1C(=O)N[C@@H](CC(N)=O)C(=O)NC2C(=O)NC3C(=O)N[C@H](C(=O)N[C@@H](C(=O)O)c4cc(O)cc(O)c4-c4cc3ccc4O)[C@H](O)c3ccc(c(Cl)c3)Oc3cc2cc(c3OC2OC(CSc3nc(-c4ccccc4)c(-c4ccccc4)o3)C(O)C(O)C2OC2CC(C)(N)C(O)C(C)O2)Oc2ccc(cc2Cl)[C@H]1O. The number of hydrogen-bond acceptors (Lipinski definition) is 27. The first-order valence-electron chi connectivity index (χ1n) is 37.2. The number of aliphatic carboxylic acids is 1. The summed E-state index contributed by atoms with van der Waals surface area (Å²) >= 11 is 15.4. The number of primary amides is 1. The highest BCUT2D eigenvalue weighted by Crippen LogP contribution is 2.51. The van der Waals surface area contributed by atoms with E-state index in [0.717, 1.165) is 78.5 Å². The summed E-state index contributed by atoms with van der Waals surface area (Å²) in [5, 5.41) is 123. The predicted molar refractivity (Wildman–Crippen MR) is 420 cm³/mol. The van der Waals surface area contributed by atoms with E-state index < -0.39 is 231 Å². The number of rotatable bonds is 17. The standard InChI is InChI=1S/C81H84Cl2N10O24S/c1-33(2)22-46(86-5)72(103)91-62-64(98)38-17-20-50(44(82)24-38)112-52-26-40-27-53(69(52)116-79-70(115-56-31-81(4,85)71(102)34(3)111-56)67(101)66(100)54(114-79)32-118-80-93-58(35-12-8-6-9-13-35)68(117-80)36-14-10-7-11-15-36)113-51-21-18-39(25-45(51)83)65(99)63-77(108)90-61(78(109)110)43-28-41(94)29-49(96)57(43)42-23-37(16-19-48(42)95)59(74(105)92-63)89-75(106)60(40)88-73(104)47(30-55(84)97)87-76(62)107/h6-21,23-29,33-34,46-47,54,56,59-67,70-71,79,86,94-96,98-102H,22,30-32,85H2,1-5H3,(H2,84,97)(H,87,107)(H,88,104)(H,89,106)(H,90,108)(H,91,103)(H,92,105)(H,109,110)/t34?,46-,47-,54?,56?,59?,60?,61+,62+,63-,64+,65+,66?,67?,70?,71?,79?,81?/m0/s1. The van der Waals surface area contributed by atoms with Crippen molar-refractivity contribution in [1.82, 2.24) is 42.2 Å². The molecule has 0 radical (unpaired) electrons. The Morgan fingerprint density at radius 2 is 1.30 bits per heavy atom. The lowest BCUT2D eigenvalue weighted by Gasteiger charge is -2.47. The van der Waals surface area contributed by atoms with E-state index in [2.05, 4.69) is 37.2 Å². The number of aromatic nitrogens is 1. The molecular formula is C81H84Cl2N10O24S. The van der Waals surface area contributed by atoms with E-state index in [1.54, 1.807) is 0 Å². The van der Waals surface area contributed by atoms with Crippen molar-refractivity contribution in [2.75, 3.05) is 12.8 Å². The van der Waals surface area contributed by atoms with Gasteiger partial charge in [-0.1, -0.05) is 128 Å². The van der Waals surface area contributed by atoms with Crippen molar-refractivity contribution in [1.29, 1.82) is 0 Å². The lowest BCUT2D eigenvalue weighted by Crippen LogP contribution is -2.64. The van der Waals surface area contributed by atoms with E-state index in [-0.39, 0.29) is 57.2 Å². The van der Waals surface area contributed by atoms with Gasteiger partial charge < -0.3 is 127 Å². The first-order valence-corrected chi connectivity index (χ1v) is 39.0. The lowest BCUT2D eigenvalue weighted by molar-refractivity contribution is -0.329. The Kier molecular flexibility index (Phi) is 25.3. The number of nitrogens with zero attached hydrogens (tertiary/aromatic N) is 1. The van der Waals surface area contributed by atoms with Crippen molar-refractivity contribution in [3.8, 4) is 79.7 Å². The maximum Gasteiger partial charge on any atom is 0.330 e. The van der Waals surface area contributed by atoms with Crippen LogP contribution < -0.4 is 62.9 Å². The van der Waals surface area contributed by atoms with Crippen LogP contribution in [0.4, 0.5) is 0 Å². The topological polar surface area (TPSA) is 536 Å². The summed E-state index contributed by atoms with van der Waals surface area (Å²) < 4.78 is 46.6. The minimum atomic E-state index is -2.37. The fourth-order valence-corrected chi connectivity index (χ4v) is 15.9. The largest absolute Gasteiger partial charge is 0.508 e. The first-order chi connectivity index (χ1) is 56.1. The summed E-state index contributed by atoms with van der Waals surface area (Å²) in [4.78, 5) is 123. The van der Waals surface area contributed by atoms with Gasteiger partial charge in [0.15, 0.2) is 35.7 Å². The first kappa shape index (κ1) is 84.7. The van der Waals surface area contributed by atoms with Gasteiger partial charge in [0, 0.05) is 51.6 Å². The molecule has 2 fully saturated rings. The zero-order valence-corrected chi connectivity index (χ0v) is 65.7. The third-order valence-corrected chi connectivity index (χ3v) is 22.2. The number of aromatic hydroxyl groups is 3. The van der Waals surface area contributed by atoms with Gasteiger partial charge in [0.1, 0.15) is 89.1 Å². The number of aliphatic hydroxyl groups excluding tert-OH is 5. The molecule has 1 aromatic heterocycles. The zero-order valence-electron chi connectivity index (χ0n) is 63.4. The van der Waals surface area contributed by atoms with Crippen LogP contribution >= 0.6 is 35.0 Å². The summed E-state index contributed by atoms with van der Waals surface area (Å²) in [6.45, 7) is 6.70. The van der Waals surface area contributed by atoms with Gasteiger partial charge in [-0.25, -0.2) is 9.78 Å². The summed E-state index contributed by atoms with van der Waals surface area (Å²) in [5.41, 5.74) is 10.1. The summed E-state index contributed by atoms with van der Waals surface area (Å²) in [7, 11) is 1.48. The maximum atomic E-state index is 16.3. The van der Waals surface area contributed by atoms with Gasteiger partial charge in [-0.05, 0) is 110 Å². The van der Waals surface area contributed by atoms with E-state index in [9.17, 15) is 60.3 Å². The smallest absolute Gasteiger partial charge is 0.330 e. The molecule has 8 aromatic rings. The molecule has 7 amide bonds. The molecule has 34 nitrogen and oxygen atoms in total. The molecule has 37 heteroatoms. The van der Waals surface area contributed by atoms with Crippen LogP contribution in [-0.2, 0) is 52.6 Å². The van der Waals surface area contributed by atoms with Crippen molar-refractivity contribution in [3.05, 3.63) is 177 Å². The molecule has 11 bridgehead atoms. The number of ether oxygens (including phenoxy) is 6. The van der Waals surface area contributed by atoms with Gasteiger partial charge in [0.2, 0.25) is 53.4 Å². The number of carboxylic acid groups (broad SMARTS) is 1. The average Bonchev–Trinajstić information content (AvgIpc) is 0.940. The Balaban J connectivity index is 1.03. The highest BCUT2D eigenvalue weighted by molar-refractivity contribution is 7.99. The van der Waals surface area contributed by atoms with Crippen molar-refractivity contribution in [2.24, 2.45) is 17.4 Å². The van der Waals surface area contributed by atoms with Crippen LogP contribution in [0.25, 0.3) is 33.7 Å². The van der Waals surface area contributed by atoms with Crippen LogP contribution in [-0.4, -0.2) is 190 Å². The minimum Gasteiger partial charge on any atom is -0.508 e. The van der Waals surface area contributed by atoms with Crippen molar-refractivity contribution >= 4 is 82.3 Å². The number of aliphatic hydroxyl groups is 5. The number of halogens is 2. The second-order valence-corrected chi connectivity index (χ2v) is 31.5. The molecule has 11 unspecified atom stereocenters. The van der Waals surface area contributed by atoms with E-state index >= 15 is 24.0 Å². The van der Waals surface area contributed by atoms with Crippen LogP contribution in [0.3, 0.4) is 0 Å². The summed E-state index contributed by atoms with van der Waals surface area (Å²) in [6.07, 6.45) is -18.5. The fourth-order valence-electron chi connectivity index (χ4n) is 14.6. The number of carbonyl (C=O) groups is 8. The minimum absolute atomic E-state index is 0.0832. The van der Waals surface area contributed by atoms with Crippen LogP contribution in [0.15, 0.2) is 149 Å². The molecule has 8 heterocycles. The Labute approximate surface area is 686 Å². The Bertz CT molecular complexity index is 5130. The Morgan fingerprint density at radius 3 is 1.91 bits per heavy atom. The van der Waals surface area contributed by atoms with E-state index in [1.165, 1.54) is 33.0 Å². The molecular weight excluding hydrogens is 1600 g/mol. The molecule has 0 spiro atoms. The summed E-state index contributed by atoms with van der Waals surface area (Å²) in [6, 6.07) is 17.8. The monoisotopic (exact) mass is 1680 g/mol. The average molecular weight is 1680 g/mol. The number of carboxylic acids is 1. The number of likely N-dealkylation sites (N-methyl/N-ethyl adjacent to an activating group) is 1. The molecule has 0 saturated carbocycles. The predicted octanol–water partition coefficient (Wildman–Crippen LogP) is 5.23. The molecule has 7 aliphatic rings. The lowest BCUT2D eigenvalue weighted by atomic mass is 9.86. The van der Waals surface area contributed by atoms with Gasteiger partial charge >= 0.3 is 5.97 Å². The second kappa shape index (κ2) is 35.2. The molecule has 2 saturated heterocycles. The van der Waals surface area contributed by atoms with Crippen molar-refractivity contribution < 1.29 is 117 Å². The van der Waals surface area contributed by atoms with E-state index in [0.29, 0.717) is 22.6 Å². The zero-order chi connectivity index (χ0) is 84.6. The molecule has 20 N–H and O–H groups in total. The van der Waals surface area contributed by atoms with Crippen molar-refractivity contribution in [3.63, 3.8) is 0 Å². The number of thioether (sulfide) groups is 1. The van der Waals surface area contributed by atoms with Gasteiger partial charge in [0.25, 0.3) is 5.22 Å². The quantitative estimate of drug-likeness (QED) is 0.0519. The van der Waals surface area contributed by atoms with Crippen LogP contribution in [0.5, 0.6) is 46.0 Å². The molecule has 7 aromatic carbocycles. The molecule has 15 rings (SSSR count). The highest BCUT2D eigenvalue weighted by Gasteiger charge is 2.52. The normalized spacial score (nSPS) is 26.8. The van der Waals surface area contributed by atoms with Gasteiger partial charge in [-0.3, -0.25) is 33.6 Å². The third kappa shape index (κ3) is 18.1. The van der Waals surface area contributed by atoms with Crippen LogP contribution in [0, 0.1) is 5.92 Å². The molecule has 118 heavy (non-hydrogen) atoms. The Hall–Kier alpha value is -11.2. The molecule has 622 valence electrons. The second-order valence-electron chi connectivity index (χ2n) is 29.7. The number of carbonyl (C=O) groups excluding carboxylic acids is 7. The van der Waals surface area contributed by atoms with Gasteiger partial charge in [-0.15, -0.1) is 0 Å². The highest BCUT2D eigenvalue weighted by atomic mass is 35.5. The Morgan fingerprint density at radius 1 is 0.686 bits per heavy atom. The van der Waals surface area contributed by atoms with Gasteiger partial charge in [0.05, 0.1) is 40.8 Å². The van der Waals surface area contributed by atoms with Gasteiger partial charge in [-0.2, -0.15) is 0 Å². The molecule has 7 aliphatic heterocycles. The number of hydrogen-bond donors (Lipinski definition) is 18. The number of nitrogens with one attached hydrogen (secondary N) is 7. The number of oxazole rings is 1. The number of amides is 7.